The van der Waals surface area contributed by atoms with Gasteiger partial charge >= 0.3 is 5.97 Å². The zero-order valence-corrected chi connectivity index (χ0v) is 11.9. The van der Waals surface area contributed by atoms with E-state index >= 15 is 0 Å². The average Bonchev–Trinajstić information content (AvgIpc) is 2.44. The molecule has 2 rings (SSSR count). The zero-order valence-electron chi connectivity index (χ0n) is 11.9. The van der Waals surface area contributed by atoms with Crippen molar-refractivity contribution >= 4 is 22.6 Å². The molecule has 5 heteroatoms. The second-order valence-electron chi connectivity index (χ2n) is 4.75. The highest BCUT2D eigenvalue weighted by Gasteiger charge is 2.22. The molecule has 0 aliphatic carbocycles. The van der Waals surface area contributed by atoms with E-state index in [0.717, 1.165) is 10.8 Å². The molecule has 0 aliphatic heterocycles. The molecule has 0 unspecified atom stereocenters. The summed E-state index contributed by atoms with van der Waals surface area (Å²) in [6, 6.07) is 10.7. The summed E-state index contributed by atoms with van der Waals surface area (Å²) in [4.78, 5) is 22.5. The van der Waals surface area contributed by atoms with Gasteiger partial charge < -0.3 is 15.2 Å². The predicted molar refractivity (Wildman–Crippen MR) is 79.3 cm³/mol. The maximum absolute atomic E-state index is 11.4. The van der Waals surface area contributed by atoms with Crippen molar-refractivity contribution in [3.8, 4) is 5.75 Å². The van der Waals surface area contributed by atoms with Gasteiger partial charge in [0.2, 0.25) is 5.91 Å². The fraction of sp³-hybridized carbons (Fsp3) is 0.250. The number of carboxylic acids is 1. The molecule has 0 saturated carbocycles. The molecule has 1 atom stereocenters. The van der Waals surface area contributed by atoms with Crippen LogP contribution in [0.2, 0.25) is 0 Å². The minimum absolute atomic E-state index is 0.204. The second-order valence-corrected chi connectivity index (χ2v) is 4.75. The monoisotopic (exact) mass is 287 g/mol. The first-order chi connectivity index (χ1) is 10.0. The van der Waals surface area contributed by atoms with Gasteiger partial charge in [-0.1, -0.05) is 30.3 Å². The van der Waals surface area contributed by atoms with E-state index in [4.69, 9.17) is 9.84 Å². The van der Waals surface area contributed by atoms with Crippen molar-refractivity contribution in [3.63, 3.8) is 0 Å². The summed E-state index contributed by atoms with van der Waals surface area (Å²) in [7, 11) is 1.53. The van der Waals surface area contributed by atoms with Crippen LogP contribution in [0.5, 0.6) is 5.75 Å². The Morgan fingerprint density at radius 3 is 2.57 bits per heavy atom. The van der Waals surface area contributed by atoms with Gasteiger partial charge in [-0.15, -0.1) is 0 Å². The van der Waals surface area contributed by atoms with Crippen LogP contribution in [0, 0.1) is 0 Å². The lowest BCUT2D eigenvalue weighted by Gasteiger charge is -2.21. The number of benzene rings is 2. The van der Waals surface area contributed by atoms with Crippen LogP contribution < -0.4 is 10.1 Å². The summed E-state index contributed by atoms with van der Waals surface area (Å²) < 4.78 is 5.35. The third-order valence-corrected chi connectivity index (χ3v) is 3.26. The Bertz CT molecular complexity index is 665. The molecular formula is C16H17NO4. The van der Waals surface area contributed by atoms with Crippen LogP contribution in [0.15, 0.2) is 36.4 Å². The number of nitrogens with one attached hydrogen (secondary N) is 1. The van der Waals surface area contributed by atoms with Gasteiger partial charge in [0.15, 0.2) is 0 Å². The molecule has 0 fully saturated rings. The maximum atomic E-state index is 11.4. The molecule has 2 aromatic rings. The van der Waals surface area contributed by atoms with Gasteiger partial charge in [0, 0.05) is 12.5 Å². The number of methoxy groups -OCH3 is 1. The Morgan fingerprint density at radius 1 is 1.24 bits per heavy atom. The number of amides is 1. The number of carboxylic acid groups (broad SMARTS) is 1. The van der Waals surface area contributed by atoms with E-state index in [0.29, 0.717) is 11.3 Å². The number of carbonyl (C=O) groups is 2. The largest absolute Gasteiger partial charge is 0.496 e. The van der Waals surface area contributed by atoms with Crippen molar-refractivity contribution in [1.82, 2.24) is 5.32 Å². The molecule has 0 radical (unpaired) electrons. The van der Waals surface area contributed by atoms with Crippen molar-refractivity contribution in [1.29, 1.82) is 0 Å². The average molecular weight is 287 g/mol. The first-order valence-corrected chi connectivity index (χ1v) is 6.57. The summed E-state index contributed by atoms with van der Waals surface area (Å²) in [6.45, 7) is 1.37. The van der Waals surface area contributed by atoms with E-state index in [9.17, 15) is 9.59 Å². The molecular weight excluding hydrogens is 270 g/mol. The quantitative estimate of drug-likeness (QED) is 0.886. The van der Waals surface area contributed by atoms with Crippen LogP contribution in [-0.4, -0.2) is 24.1 Å². The highest BCUT2D eigenvalue weighted by molar-refractivity contribution is 5.89. The van der Waals surface area contributed by atoms with Crippen molar-refractivity contribution in [2.45, 2.75) is 19.4 Å². The number of aliphatic carboxylic acids is 1. The summed E-state index contributed by atoms with van der Waals surface area (Å²) >= 11 is 0. The minimum atomic E-state index is -0.983. The van der Waals surface area contributed by atoms with Gasteiger partial charge in [-0.05, 0) is 16.8 Å². The minimum Gasteiger partial charge on any atom is -0.496 e. The van der Waals surface area contributed by atoms with Gasteiger partial charge in [0.1, 0.15) is 5.75 Å². The normalized spacial score (nSPS) is 11.9. The van der Waals surface area contributed by atoms with Gasteiger partial charge in [-0.2, -0.15) is 0 Å². The molecule has 0 aliphatic rings. The number of fused-ring (bicyclic) bond motifs is 1. The molecule has 1 amide bonds. The fourth-order valence-electron chi connectivity index (χ4n) is 2.46. The van der Waals surface area contributed by atoms with Gasteiger partial charge in [-0.3, -0.25) is 9.59 Å². The topological polar surface area (TPSA) is 75.6 Å². The number of ether oxygens (including phenoxy) is 1. The Balaban J connectivity index is 2.63. The lowest BCUT2D eigenvalue weighted by atomic mass is 9.95. The van der Waals surface area contributed by atoms with E-state index in [1.165, 1.54) is 14.0 Å². The molecule has 2 N–H and O–H groups in total. The van der Waals surface area contributed by atoms with Gasteiger partial charge in [0.25, 0.3) is 0 Å². The predicted octanol–water partition coefficient (Wildman–Crippen LogP) is 2.50. The van der Waals surface area contributed by atoms with E-state index in [-0.39, 0.29) is 12.3 Å². The highest BCUT2D eigenvalue weighted by Crippen LogP contribution is 2.34. The summed E-state index contributed by atoms with van der Waals surface area (Å²) in [5.41, 5.74) is 0.688. The van der Waals surface area contributed by atoms with Gasteiger partial charge in [0.05, 0.1) is 19.6 Å². The third kappa shape index (κ3) is 3.31. The van der Waals surface area contributed by atoms with Crippen LogP contribution in [-0.2, 0) is 9.59 Å². The summed E-state index contributed by atoms with van der Waals surface area (Å²) in [5, 5.41) is 13.6. The lowest BCUT2D eigenvalue weighted by Crippen LogP contribution is -2.28. The highest BCUT2D eigenvalue weighted by atomic mass is 16.5. The Hall–Kier alpha value is -2.56. The SMILES string of the molecule is COc1ccc2ccccc2c1[C@H](CC(=O)O)NC(C)=O. The Labute approximate surface area is 122 Å². The third-order valence-electron chi connectivity index (χ3n) is 3.26. The fourth-order valence-corrected chi connectivity index (χ4v) is 2.46. The van der Waals surface area contributed by atoms with Crippen LogP contribution in [0.3, 0.4) is 0 Å². The molecule has 110 valence electrons. The number of rotatable bonds is 5. The van der Waals surface area contributed by atoms with Crippen molar-refractivity contribution < 1.29 is 19.4 Å². The molecule has 0 spiro atoms. The maximum Gasteiger partial charge on any atom is 0.305 e. The second kappa shape index (κ2) is 6.26. The smallest absolute Gasteiger partial charge is 0.305 e. The van der Waals surface area contributed by atoms with Crippen LogP contribution in [0.25, 0.3) is 10.8 Å². The van der Waals surface area contributed by atoms with Crippen molar-refractivity contribution in [3.05, 3.63) is 42.0 Å². The van der Waals surface area contributed by atoms with E-state index < -0.39 is 12.0 Å². The zero-order chi connectivity index (χ0) is 15.4. The first kappa shape index (κ1) is 14.8. The molecule has 0 aromatic heterocycles. The summed E-state index contributed by atoms with van der Waals surface area (Å²) in [6.07, 6.45) is -0.204. The van der Waals surface area contributed by atoms with Crippen molar-refractivity contribution in [2.24, 2.45) is 0 Å². The number of hydrogen-bond acceptors (Lipinski definition) is 3. The van der Waals surface area contributed by atoms with Crippen LogP contribution >= 0.6 is 0 Å². The Kier molecular flexibility index (Phi) is 4.42. The van der Waals surface area contributed by atoms with Crippen molar-refractivity contribution in [2.75, 3.05) is 7.11 Å². The number of hydrogen-bond donors (Lipinski definition) is 2. The molecule has 5 nitrogen and oxygen atoms in total. The summed E-state index contributed by atoms with van der Waals surface area (Å²) in [5.74, 6) is -0.700. The van der Waals surface area contributed by atoms with Crippen LogP contribution in [0.4, 0.5) is 0 Å². The molecule has 0 heterocycles. The van der Waals surface area contributed by atoms with E-state index in [2.05, 4.69) is 5.32 Å². The molecule has 0 bridgehead atoms. The molecule has 0 saturated heterocycles. The number of carbonyl (C=O) groups excluding carboxylic acids is 1. The standard InChI is InChI=1S/C16H17NO4/c1-10(18)17-13(9-15(19)20)16-12-6-4-3-5-11(12)7-8-14(16)21-2/h3-8,13H,9H2,1-2H3,(H,17,18)(H,19,20)/t13-/m0/s1. The first-order valence-electron chi connectivity index (χ1n) is 6.57. The van der Waals surface area contributed by atoms with E-state index in [1.807, 2.05) is 30.3 Å². The van der Waals surface area contributed by atoms with E-state index in [1.54, 1.807) is 6.07 Å². The Morgan fingerprint density at radius 2 is 1.95 bits per heavy atom. The molecule has 2 aromatic carbocycles. The lowest BCUT2D eigenvalue weighted by molar-refractivity contribution is -0.137. The molecule has 21 heavy (non-hydrogen) atoms. The van der Waals surface area contributed by atoms with Gasteiger partial charge in [-0.25, -0.2) is 0 Å². The van der Waals surface area contributed by atoms with Crippen LogP contribution in [0.1, 0.15) is 24.9 Å².